The minimum absolute atomic E-state index is 0.0919. The van der Waals surface area contributed by atoms with E-state index >= 15 is 0 Å². The van der Waals surface area contributed by atoms with Crippen LogP contribution in [0.1, 0.15) is 16.7 Å². The summed E-state index contributed by atoms with van der Waals surface area (Å²) >= 11 is 0. The Morgan fingerprint density at radius 2 is 0.691 bits per heavy atom. The summed E-state index contributed by atoms with van der Waals surface area (Å²) in [5.74, 6) is 9.70. The summed E-state index contributed by atoms with van der Waals surface area (Å²) in [6.45, 7) is 0.807. The van der Waals surface area contributed by atoms with E-state index in [-0.39, 0.29) is 53.8 Å². The van der Waals surface area contributed by atoms with Crippen LogP contribution in [-0.2, 0) is 48.0 Å². The Morgan fingerprint density at radius 3 is 1.26 bits per heavy atom. The van der Waals surface area contributed by atoms with Crippen molar-refractivity contribution in [2.45, 2.75) is 19.8 Å². The molecule has 0 atom stereocenters. The fraction of sp³-hybridized carbons (Fsp3) is 0.135. The van der Waals surface area contributed by atoms with Crippen LogP contribution in [0.3, 0.4) is 0 Å². The molecule has 0 bridgehead atoms. The summed E-state index contributed by atoms with van der Waals surface area (Å²) in [7, 11) is 13.1. The molecule has 24 aromatic rings. The lowest BCUT2D eigenvalue weighted by molar-refractivity contribution is -0.642. The predicted octanol–water partition coefficient (Wildman–Crippen LogP) is 19.2. The summed E-state index contributed by atoms with van der Waals surface area (Å²) in [5.41, 5.74) is 22.3. The summed E-state index contributed by atoms with van der Waals surface area (Å²) in [6.07, 6.45) is 15.2. The van der Waals surface area contributed by atoms with E-state index in [4.69, 9.17) is 61.6 Å². The van der Waals surface area contributed by atoms with Crippen LogP contribution in [0.5, 0.6) is 74.7 Å². The quantitative estimate of drug-likeness (QED) is 0.0494. The Morgan fingerprint density at radius 1 is 0.281 bits per heavy atom. The van der Waals surface area contributed by atoms with Crippen molar-refractivity contribution in [1.82, 2.24) is 39.9 Å². The van der Waals surface area contributed by atoms with Gasteiger partial charge in [-0.3, -0.25) is 0 Å². The molecule has 29 rings (SSSR count). The van der Waals surface area contributed by atoms with Gasteiger partial charge in [0.1, 0.15) is 45.4 Å². The molecule has 0 saturated heterocycles. The third kappa shape index (κ3) is 12.9. The van der Waals surface area contributed by atoms with Gasteiger partial charge in [0.25, 0.3) is 0 Å². The molecule has 28 nitrogen and oxygen atoms in total. The van der Waals surface area contributed by atoms with Crippen molar-refractivity contribution in [2.75, 3.05) is 55.3 Å². The molecule has 0 radical (unpaired) electrons. The largest absolute Gasteiger partial charge is 0.495 e. The topological polar surface area (TPSA) is 311 Å². The summed E-state index contributed by atoms with van der Waals surface area (Å²) in [5, 5.41) is 51.7. The number of methoxy groups -OCH3 is 3. The zero-order chi connectivity index (χ0) is 93.4. The molecule has 0 fully saturated rings. The second-order valence-corrected chi connectivity index (χ2v) is 35.1. The molecule has 139 heavy (non-hydrogen) atoms. The van der Waals surface area contributed by atoms with Crippen LogP contribution in [0.15, 0.2) is 244 Å². The van der Waals surface area contributed by atoms with E-state index in [1.165, 1.54) is 0 Å². The lowest BCUT2D eigenvalue weighted by atomic mass is 9.91. The average molecular weight is 1840 g/mol. The molecule has 0 aliphatic carbocycles. The van der Waals surface area contributed by atoms with Gasteiger partial charge in [-0.05, 0) is 195 Å². The van der Waals surface area contributed by atoms with E-state index in [2.05, 4.69) is 223 Å². The van der Waals surface area contributed by atoms with Crippen LogP contribution >= 0.6 is 0 Å². The number of fused-ring (bicyclic) bond motifs is 30. The highest BCUT2D eigenvalue weighted by Gasteiger charge is 2.34. The zero-order valence-corrected chi connectivity index (χ0v) is 76.0. The van der Waals surface area contributed by atoms with Crippen molar-refractivity contribution >= 4 is 174 Å². The smallest absolute Gasteiger partial charge is 0.231 e. The molecular weight excluding hydrogens is 1760 g/mol. The maximum absolute atomic E-state index is 10.4. The Bertz CT molecular complexity index is 9460. The number of aryl methyl sites for hydroxylation is 4. The third-order valence-corrected chi connectivity index (χ3v) is 27.7. The molecule has 7 N–H and O–H groups in total. The molecule has 0 saturated carbocycles. The van der Waals surface area contributed by atoms with Crippen molar-refractivity contribution in [1.29, 1.82) is 0 Å². The Labute approximate surface area is 787 Å². The first-order valence-electron chi connectivity index (χ1n) is 45.3. The normalized spacial score (nSPS) is 13.2. The highest BCUT2D eigenvalue weighted by Crippen LogP contribution is 2.53. The van der Waals surface area contributed by atoms with E-state index in [1.807, 2.05) is 81.8 Å². The van der Waals surface area contributed by atoms with E-state index in [0.29, 0.717) is 17.2 Å². The van der Waals surface area contributed by atoms with Crippen molar-refractivity contribution in [3.8, 4) is 119 Å². The van der Waals surface area contributed by atoms with E-state index in [9.17, 15) is 15.3 Å². The maximum atomic E-state index is 10.4. The predicted molar refractivity (Wildman–Crippen MR) is 529 cm³/mol. The average Bonchev–Trinajstić information content (AvgIpc) is 1.72. The Kier molecular flexibility index (Phi) is 18.9. The van der Waals surface area contributed by atoms with Gasteiger partial charge in [-0.25, -0.2) is 19.9 Å². The van der Waals surface area contributed by atoms with E-state index < -0.39 is 0 Å². The number of pyridine rings is 4. The fourth-order valence-corrected chi connectivity index (χ4v) is 21.5. The van der Waals surface area contributed by atoms with Gasteiger partial charge in [-0.15, -0.1) is 0 Å². The van der Waals surface area contributed by atoms with Crippen LogP contribution in [0.25, 0.3) is 218 Å². The standard InChI is InChI=1S/C28H21N3O4.C28H22N3O4.C28H21N3O4.C27H18N3O4/c1-31-11-21-18(5-3-16(12-32)28(21)33-2)26-19(15-4-6-22-23(8-15)30-13-29-22)7-17-9-24-25(35-14-34-24)10-20(17)27(26)31;1-31-11-21-26(18-5-3-16-9-24-25(35-14-34-24)10-20(16)27(18)31)19(7-17(12-32)28(21)33-2)15-4-6-22-23(8-15)30-13-29-22;1-31-11-21-20(17-5-3-16-8-25-26(35-14-34-25)10-19(16)27(17)31)9-18(22(12-32)28(21)33-2)15-4-6-23-24(7-15)30-13-29-23;1-30-10-19-15(5-7-22-26(19)33-12-31-22)17-4-3-16-18(25(17)30)9-23-27(34-13-32-23)24(16)14-2-6-20-21(8-14)29-11-28-20/h3-11,13,32H,12,14H2,1-2H3;3-11,13,32H,12,14H2,1-2H3,(H,29,30);3-11,13,32H,12,14H2,1-2H3;2-11H,12-13H2,1H3,(H,28,29)/q;+1;;+1/p+2. The first-order chi connectivity index (χ1) is 68.2. The lowest BCUT2D eigenvalue weighted by Crippen LogP contribution is -2.29. The summed E-state index contributed by atoms with van der Waals surface area (Å²) in [6, 6.07) is 66.5. The van der Waals surface area contributed by atoms with E-state index in [1.54, 1.807) is 46.6 Å². The van der Waals surface area contributed by atoms with Gasteiger partial charge in [0, 0.05) is 49.2 Å². The van der Waals surface area contributed by atoms with Crippen molar-refractivity contribution in [2.24, 2.45) is 28.2 Å². The molecule has 680 valence electrons. The van der Waals surface area contributed by atoms with Crippen molar-refractivity contribution < 1.29 is 95.2 Å². The highest BCUT2D eigenvalue weighted by atomic mass is 16.7. The molecule has 16 aromatic carbocycles. The zero-order valence-electron chi connectivity index (χ0n) is 76.0. The number of rotatable bonds is 10. The minimum Gasteiger partial charge on any atom is -0.495 e. The molecule has 28 heteroatoms. The van der Waals surface area contributed by atoms with Gasteiger partial charge < -0.3 is 96.8 Å². The Balaban J connectivity index is 0.0000000956. The molecule has 5 aliphatic heterocycles. The highest BCUT2D eigenvalue weighted by molar-refractivity contribution is 6.24. The number of imidazole rings is 4. The number of H-pyrrole nitrogens is 4. The number of hydrogen-bond acceptors (Lipinski definition) is 20. The molecule has 5 aliphatic rings. The minimum atomic E-state index is -0.140. The van der Waals surface area contributed by atoms with Gasteiger partial charge in [-0.1, -0.05) is 54.6 Å². The third-order valence-electron chi connectivity index (χ3n) is 27.7. The van der Waals surface area contributed by atoms with Gasteiger partial charge in [0.15, 0.2) is 82.3 Å². The van der Waals surface area contributed by atoms with E-state index in [0.717, 1.165) is 293 Å². The van der Waals surface area contributed by atoms with Gasteiger partial charge in [0.05, 0.1) is 175 Å². The Hall–Kier alpha value is -17.6. The second-order valence-electron chi connectivity index (χ2n) is 35.1. The van der Waals surface area contributed by atoms with Gasteiger partial charge in [0.2, 0.25) is 56.0 Å². The monoisotopic (exact) mass is 1840 g/mol. The number of aromatic nitrogens is 12. The number of ether oxygens (including phenoxy) is 13. The van der Waals surface area contributed by atoms with Crippen molar-refractivity contribution in [3.05, 3.63) is 261 Å². The molecule has 0 unspecified atom stereocenters. The molecule has 8 aromatic heterocycles. The van der Waals surface area contributed by atoms with Crippen LogP contribution in [0.2, 0.25) is 0 Å². The summed E-state index contributed by atoms with van der Waals surface area (Å²) < 4.78 is 83.2. The van der Waals surface area contributed by atoms with Crippen LogP contribution < -0.4 is 79.8 Å². The van der Waals surface area contributed by atoms with Gasteiger partial charge >= 0.3 is 0 Å². The number of hydrogen-bond donors (Lipinski definition) is 7. The first kappa shape index (κ1) is 82.1. The number of aromatic amines is 4. The number of nitrogens with one attached hydrogen (secondary N) is 4. The molecule has 13 heterocycles. The number of aliphatic hydroxyl groups excluding tert-OH is 3. The maximum Gasteiger partial charge on any atom is 0.231 e. The molecule has 0 spiro atoms. The van der Waals surface area contributed by atoms with Gasteiger partial charge in [-0.2, -0.15) is 18.3 Å². The number of benzene rings is 16. The van der Waals surface area contributed by atoms with Crippen LogP contribution in [0, 0.1) is 0 Å². The molecule has 0 amide bonds. The molecular formula is C111H84N12O16+4. The van der Waals surface area contributed by atoms with Crippen molar-refractivity contribution in [3.63, 3.8) is 0 Å². The number of aliphatic hydroxyl groups is 3. The number of nitrogens with zero attached hydrogens (tertiary/aromatic N) is 8. The van der Waals surface area contributed by atoms with Crippen LogP contribution in [0.4, 0.5) is 0 Å². The van der Waals surface area contributed by atoms with Crippen LogP contribution in [-0.4, -0.2) is 110 Å². The SMILES string of the molecule is COc1c(CO)c(-c2ccc3nc[nH]c3c2)cc2c1c[n+](C)c1c3cc4c(cc3ccc21)OCO4.COc1c(CO)cc(-c2ccc3nc[nH]c3c2)c2c1c[n+](C)c1c3cc4c(cc3ccc21)OCO4.COc1c(CO)ccc2c1c[n+](C)c1c3cc4c(cc3cc(-c3ccc5nc[nH]c5c3)c21)OCO4.C[n+]1cc2c3c(ccc2c2ccc4c(-c5ccc6nc[nH]c6c5)c5c(cc4c21)OCO5)OCO3. The lowest BCUT2D eigenvalue weighted by Gasteiger charge is -2.17. The first-order valence-corrected chi connectivity index (χ1v) is 45.3. The second kappa shape index (κ2) is 32.1. The summed E-state index contributed by atoms with van der Waals surface area (Å²) in [4.78, 5) is 30.3. The fourth-order valence-electron chi connectivity index (χ4n) is 21.5.